The van der Waals surface area contributed by atoms with Crippen molar-refractivity contribution < 1.29 is 9.53 Å². The lowest BCUT2D eigenvalue weighted by Gasteiger charge is -2.37. The third kappa shape index (κ3) is 3.79. The average molecular weight is 328 g/mol. The molecule has 0 aromatic heterocycles. The summed E-state index contributed by atoms with van der Waals surface area (Å²) in [7, 11) is 1.88. The van der Waals surface area contributed by atoms with Crippen molar-refractivity contribution in [3.63, 3.8) is 0 Å². The average Bonchev–Trinajstić information content (AvgIpc) is 2.53. The molecule has 0 amide bonds. The maximum Gasteiger partial charge on any atom is 0.343 e. The molecule has 5 heteroatoms. The molecule has 21 heavy (non-hydrogen) atoms. The van der Waals surface area contributed by atoms with Gasteiger partial charge in [-0.15, -0.1) is 0 Å². The molecule has 114 valence electrons. The zero-order valence-corrected chi connectivity index (χ0v) is 13.5. The minimum atomic E-state index is -0.418. The van der Waals surface area contributed by atoms with Crippen LogP contribution in [0.2, 0.25) is 5.02 Å². The van der Waals surface area contributed by atoms with E-state index in [9.17, 15) is 4.79 Å². The van der Waals surface area contributed by atoms with Crippen molar-refractivity contribution in [3.8, 4) is 0 Å². The first-order chi connectivity index (χ1) is 10.1. The van der Waals surface area contributed by atoms with Gasteiger partial charge in [0.1, 0.15) is 5.76 Å². The molecule has 0 unspecified atom stereocenters. The highest BCUT2D eigenvalue weighted by molar-refractivity contribution is 6.30. The zero-order chi connectivity index (χ0) is 15.3. The Kier molecular flexibility index (Phi) is 5.68. The molecule has 3 nitrogen and oxygen atoms in total. The molecular formula is C16H19Cl2NO2. The second-order valence-electron chi connectivity index (χ2n) is 5.26. The van der Waals surface area contributed by atoms with Crippen molar-refractivity contribution in [2.24, 2.45) is 0 Å². The number of carbonyl (C=O) groups excluding carboxylic acids is 1. The van der Waals surface area contributed by atoms with Crippen LogP contribution in [0.4, 0.5) is 0 Å². The van der Waals surface area contributed by atoms with Crippen molar-refractivity contribution in [2.75, 3.05) is 7.05 Å². The molecule has 0 spiro atoms. The predicted molar refractivity (Wildman–Crippen MR) is 85.7 cm³/mol. The number of benzene rings is 1. The molecule has 1 aliphatic rings. The first-order valence-electron chi connectivity index (χ1n) is 7.09. The van der Waals surface area contributed by atoms with Gasteiger partial charge in [0, 0.05) is 10.6 Å². The summed E-state index contributed by atoms with van der Waals surface area (Å²) in [4.78, 5) is 12.2. The van der Waals surface area contributed by atoms with Crippen LogP contribution < -0.4 is 5.32 Å². The Hall–Kier alpha value is -1.03. The topological polar surface area (TPSA) is 38.3 Å². The van der Waals surface area contributed by atoms with Crippen LogP contribution in [0.3, 0.4) is 0 Å². The standard InChI is InChI=1S/C16H19Cl2NO2/c1-19-16(9-3-2-4-10-16)14(11-17)21-15(20)12-5-7-13(18)8-6-12/h5-8,11,19H,2-4,9-10H2,1H3/b14-11-. The summed E-state index contributed by atoms with van der Waals surface area (Å²) < 4.78 is 5.54. The van der Waals surface area contributed by atoms with E-state index in [1.807, 2.05) is 7.05 Å². The molecule has 0 radical (unpaired) electrons. The number of halogens is 2. The lowest BCUT2D eigenvalue weighted by atomic mass is 9.80. The summed E-state index contributed by atoms with van der Waals surface area (Å²) in [5, 5.41) is 3.87. The Morgan fingerprint density at radius 2 is 1.86 bits per heavy atom. The molecule has 0 heterocycles. The number of carbonyl (C=O) groups is 1. The van der Waals surface area contributed by atoms with Gasteiger partial charge in [0.15, 0.2) is 0 Å². The molecule has 0 atom stereocenters. The molecule has 1 saturated carbocycles. The zero-order valence-electron chi connectivity index (χ0n) is 12.0. The highest BCUT2D eigenvalue weighted by Gasteiger charge is 2.37. The lowest BCUT2D eigenvalue weighted by molar-refractivity contribution is 0.0534. The van der Waals surface area contributed by atoms with Crippen molar-refractivity contribution in [3.05, 3.63) is 46.1 Å². The van der Waals surface area contributed by atoms with Gasteiger partial charge in [-0.25, -0.2) is 4.79 Å². The maximum absolute atomic E-state index is 12.2. The maximum atomic E-state index is 12.2. The van der Waals surface area contributed by atoms with Gasteiger partial charge in [0.25, 0.3) is 0 Å². The van der Waals surface area contributed by atoms with E-state index in [1.54, 1.807) is 24.3 Å². The van der Waals surface area contributed by atoms with E-state index in [0.29, 0.717) is 16.3 Å². The second kappa shape index (κ2) is 7.30. The third-order valence-corrected chi connectivity index (χ3v) is 4.49. The Morgan fingerprint density at radius 3 is 2.38 bits per heavy atom. The first kappa shape index (κ1) is 16.3. The van der Waals surface area contributed by atoms with Crippen LogP contribution in [-0.4, -0.2) is 18.6 Å². The largest absolute Gasteiger partial charge is 0.425 e. The molecule has 1 N–H and O–H groups in total. The molecule has 1 aromatic rings. The summed E-state index contributed by atoms with van der Waals surface area (Å²) in [5.41, 5.74) is 1.48. The van der Waals surface area contributed by atoms with Crippen molar-refractivity contribution >= 4 is 29.2 Å². The van der Waals surface area contributed by atoms with Crippen LogP contribution in [0.1, 0.15) is 42.5 Å². The van der Waals surface area contributed by atoms with Crippen LogP contribution in [0.5, 0.6) is 0 Å². The first-order valence-corrected chi connectivity index (χ1v) is 7.90. The number of esters is 1. The highest BCUT2D eigenvalue weighted by Crippen LogP contribution is 2.35. The minimum absolute atomic E-state index is 0.345. The fraction of sp³-hybridized carbons (Fsp3) is 0.438. The SMILES string of the molecule is CNC1(/C(=C/Cl)OC(=O)c2ccc(Cl)cc2)CCCCC1. The van der Waals surface area contributed by atoms with Crippen molar-refractivity contribution in [1.29, 1.82) is 0 Å². The summed E-state index contributed by atoms with van der Waals surface area (Å²) >= 11 is 11.7. The van der Waals surface area contributed by atoms with Crippen molar-refractivity contribution in [1.82, 2.24) is 5.32 Å². The van der Waals surface area contributed by atoms with Gasteiger partial charge < -0.3 is 10.1 Å². The fourth-order valence-corrected chi connectivity index (χ4v) is 3.12. The molecular weight excluding hydrogens is 309 g/mol. The van der Waals surface area contributed by atoms with Gasteiger partial charge in [0.05, 0.1) is 11.1 Å². The Morgan fingerprint density at radius 1 is 1.24 bits per heavy atom. The Labute approximate surface area is 135 Å². The summed E-state index contributed by atoms with van der Waals surface area (Å²) in [6.07, 6.45) is 5.21. The van der Waals surface area contributed by atoms with E-state index < -0.39 is 5.97 Å². The van der Waals surface area contributed by atoms with Gasteiger partial charge in [-0.1, -0.05) is 42.5 Å². The van der Waals surface area contributed by atoms with E-state index in [1.165, 1.54) is 12.0 Å². The number of hydrogen-bond donors (Lipinski definition) is 1. The fourth-order valence-electron chi connectivity index (χ4n) is 2.74. The smallest absolute Gasteiger partial charge is 0.343 e. The van der Waals surface area contributed by atoms with Crippen LogP contribution in [0, 0.1) is 0 Å². The molecule has 0 bridgehead atoms. The van der Waals surface area contributed by atoms with E-state index >= 15 is 0 Å². The van der Waals surface area contributed by atoms with Gasteiger partial charge in [-0.2, -0.15) is 0 Å². The number of nitrogens with one attached hydrogen (secondary N) is 1. The number of rotatable bonds is 4. The third-order valence-electron chi connectivity index (χ3n) is 4.04. The predicted octanol–water partition coefficient (Wildman–Crippen LogP) is 4.50. The van der Waals surface area contributed by atoms with Gasteiger partial charge in [-0.05, 0) is 44.2 Å². The molecule has 1 fully saturated rings. The number of hydrogen-bond acceptors (Lipinski definition) is 3. The summed E-state index contributed by atoms with van der Waals surface area (Å²) in [6, 6.07) is 6.61. The van der Waals surface area contributed by atoms with E-state index in [-0.39, 0.29) is 5.54 Å². The van der Waals surface area contributed by atoms with Crippen LogP contribution in [0.15, 0.2) is 35.6 Å². The van der Waals surface area contributed by atoms with E-state index in [2.05, 4.69) is 5.32 Å². The Balaban J connectivity index is 2.15. The quantitative estimate of drug-likeness (QED) is 0.653. The van der Waals surface area contributed by atoms with Gasteiger partial charge >= 0.3 is 5.97 Å². The molecule has 2 rings (SSSR count). The number of ether oxygens (including phenoxy) is 1. The molecule has 1 aliphatic carbocycles. The van der Waals surface area contributed by atoms with E-state index in [4.69, 9.17) is 27.9 Å². The summed E-state index contributed by atoms with van der Waals surface area (Å²) in [6.45, 7) is 0. The highest BCUT2D eigenvalue weighted by atomic mass is 35.5. The lowest BCUT2D eigenvalue weighted by Crippen LogP contribution is -2.47. The number of likely N-dealkylation sites (N-methyl/N-ethyl adjacent to an activating group) is 1. The van der Waals surface area contributed by atoms with Gasteiger partial charge in [0.2, 0.25) is 0 Å². The van der Waals surface area contributed by atoms with E-state index in [0.717, 1.165) is 25.7 Å². The summed E-state index contributed by atoms with van der Waals surface area (Å²) in [5.74, 6) is 0.0741. The van der Waals surface area contributed by atoms with Crippen molar-refractivity contribution in [2.45, 2.75) is 37.6 Å². The van der Waals surface area contributed by atoms with Crippen LogP contribution >= 0.6 is 23.2 Å². The monoisotopic (exact) mass is 327 g/mol. The molecule has 1 aromatic carbocycles. The normalized spacial score (nSPS) is 18.3. The second-order valence-corrected chi connectivity index (χ2v) is 5.92. The Bertz CT molecular complexity index is 520. The van der Waals surface area contributed by atoms with Crippen LogP contribution in [-0.2, 0) is 4.74 Å². The molecule has 0 aliphatic heterocycles. The van der Waals surface area contributed by atoms with Gasteiger partial charge in [-0.3, -0.25) is 0 Å². The minimum Gasteiger partial charge on any atom is -0.425 e. The van der Waals surface area contributed by atoms with Crippen LogP contribution in [0.25, 0.3) is 0 Å². The molecule has 0 saturated heterocycles.